The molecule has 0 heterocycles. The van der Waals surface area contributed by atoms with E-state index in [9.17, 15) is 34.2 Å². The van der Waals surface area contributed by atoms with Crippen LogP contribution in [0, 0.1) is 5.92 Å². The molecule has 0 aliphatic carbocycles. The van der Waals surface area contributed by atoms with Crippen molar-refractivity contribution in [3.63, 3.8) is 0 Å². The molecule has 0 aromatic carbocycles. The highest BCUT2D eigenvalue weighted by molar-refractivity contribution is 7.98. The van der Waals surface area contributed by atoms with Crippen LogP contribution in [0.3, 0.4) is 0 Å². The van der Waals surface area contributed by atoms with Crippen LogP contribution >= 0.6 is 11.8 Å². The lowest BCUT2D eigenvalue weighted by atomic mass is 10.0. The molecule has 5 atom stereocenters. The molecule has 0 spiro atoms. The number of aliphatic carboxylic acids is 1. The molecular weight excluding hydrogens is 442 g/mol. The molecule has 0 rings (SSSR count). The zero-order valence-electron chi connectivity index (χ0n) is 18.8. The Morgan fingerprint density at radius 2 is 1.47 bits per heavy atom. The molecule has 0 saturated heterocycles. The first-order chi connectivity index (χ1) is 14.8. The number of rotatable bonds is 15. The predicted molar refractivity (Wildman–Crippen MR) is 119 cm³/mol. The van der Waals surface area contributed by atoms with E-state index in [0.29, 0.717) is 5.75 Å². The molecule has 184 valence electrons. The van der Waals surface area contributed by atoms with Gasteiger partial charge in [0.25, 0.3) is 0 Å². The van der Waals surface area contributed by atoms with Gasteiger partial charge in [0.1, 0.15) is 12.1 Å². The van der Waals surface area contributed by atoms with Crippen molar-refractivity contribution in [2.75, 3.05) is 12.0 Å². The normalized spacial score (nSPS) is 15.7. The molecule has 0 aromatic rings. The second-order valence-corrected chi connectivity index (χ2v) is 8.86. The maximum atomic E-state index is 12.9. The van der Waals surface area contributed by atoms with Crippen LogP contribution < -0.4 is 27.4 Å². The Morgan fingerprint density at radius 1 is 0.938 bits per heavy atom. The fourth-order valence-electron chi connectivity index (χ4n) is 2.71. The molecule has 0 aliphatic rings. The number of primary amides is 1. The van der Waals surface area contributed by atoms with E-state index in [1.54, 1.807) is 6.26 Å². The number of nitrogens with one attached hydrogen (secondary N) is 3. The molecule has 13 heteroatoms. The summed E-state index contributed by atoms with van der Waals surface area (Å²) >= 11 is 1.42. The highest BCUT2D eigenvalue weighted by Crippen LogP contribution is 2.08. The van der Waals surface area contributed by atoms with Crippen molar-refractivity contribution in [2.24, 2.45) is 17.4 Å². The number of carbonyl (C=O) groups excluding carboxylic acids is 4. The van der Waals surface area contributed by atoms with Gasteiger partial charge in [-0.05, 0) is 37.7 Å². The van der Waals surface area contributed by atoms with Crippen LogP contribution in [0.2, 0.25) is 0 Å². The second kappa shape index (κ2) is 14.6. The first-order valence-corrected chi connectivity index (χ1v) is 11.5. The van der Waals surface area contributed by atoms with Crippen molar-refractivity contribution in [3.05, 3.63) is 0 Å². The predicted octanol–water partition coefficient (Wildman–Crippen LogP) is -2.09. The third kappa shape index (κ3) is 11.3. The Bertz CT molecular complexity index is 674. The van der Waals surface area contributed by atoms with Crippen LogP contribution in [0.1, 0.15) is 40.0 Å². The van der Waals surface area contributed by atoms with Gasteiger partial charge in [-0.2, -0.15) is 11.8 Å². The summed E-state index contributed by atoms with van der Waals surface area (Å²) in [7, 11) is 0. The van der Waals surface area contributed by atoms with E-state index in [0.717, 1.165) is 0 Å². The fourth-order valence-corrected chi connectivity index (χ4v) is 3.18. The topological polar surface area (TPSA) is 214 Å². The number of carboxylic acids is 1. The summed E-state index contributed by atoms with van der Waals surface area (Å²) in [5, 5.41) is 26.0. The number of hydrogen-bond acceptors (Lipinski definition) is 8. The zero-order chi connectivity index (χ0) is 25.0. The van der Waals surface area contributed by atoms with E-state index < -0.39 is 66.3 Å². The van der Waals surface area contributed by atoms with Crippen LogP contribution in [0.4, 0.5) is 0 Å². The van der Waals surface area contributed by atoms with E-state index in [1.807, 2.05) is 13.8 Å². The molecule has 4 amide bonds. The largest absolute Gasteiger partial charge is 0.480 e. The molecule has 0 radical (unpaired) electrons. The minimum Gasteiger partial charge on any atom is -0.480 e. The van der Waals surface area contributed by atoms with Crippen LogP contribution in [0.15, 0.2) is 0 Å². The van der Waals surface area contributed by atoms with Crippen molar-refractivity contribution < 1.29 is 34.2 Å². The Hall–Kier alpha value is -2.38. The van der Waals surface area contributed by atoms with Crippen molar-refractivity contribution in [2.45, 2.75) is 70.3 Å². The van der Waals surface area contributed by atoms with Gasteiger partial charge in [0, 0.05) is 0 Å². The fraction of sp³-hybridized carbons (Fsp3) is 0.737. The van der Waals surface area contributed by atoms with E-state index in [4.69, 9.17) is 11.5 Å². The summed E-state index contributed by atoms with van der Waals surface area (Å²) in [6, 6.07) is -4.92. The maximum absolute atomic E-state index is 12.9. The minimum atomic E-state index is -1.55. The number of aliphatic hydroxyl groups excluding tert-OH is 1. The Morgan fingerprint density at radius 3 is 1.91 bits per heavy atom. The average Bonchev–Trinajstić information content (AvgIpc) is 2.66. The minimum absolute atomic E-state index is 0.0106. The summed E-state index contributed by atoms with van der Waals surface area (Å²) < 4.78 is 0. The van der Waals surface area contributed by atoms with Gasteiger partial charge in [0.2, 0.25) is 23.6 Å². The van der Waals surface area contributed by atoms with E-state index in [-0.39, 0.29) is 18.8 Å². The number of amides is 4. The summed E-state index contributed by atoms with van der Waals surface area (Å²) in [5.41, 5.74) is 10.7. The van der Waals surface area contributed by atoms with E-state index >= 15 is 0 Å². The molecule has 0 saturated carbocycles. The third-order valence-electron chi connectivity index (χ3n) is 4.39. The molecule has 0 bridgehead atoms. The molecule has 5 unspecified atom stereocenters. The van der Waals surface area contributed by atoms with Gasteiger partial charge in [0.15, 0.2) is 6.04 Å². The lowest BCUT2D eigenvalue weighted by molar-refractivity contribution is -0.145. The third-order valence-corrected chi connectivity index (χ3v) is 5.03. The maximum Gasteiger partial charge on any atom is 0.328 e. The number of aliphatic hydroxyl groups is 1. The molecule has 32 heavy (non-hydrogen) atoms. The molecule has 9 N–H and O–H groups in total. The molecule has 12 nitrogen and oxygen atoms in total. The number of carbonyl (C=O) groups is 5. The van der Waals surface area contributed by atoms with E-state index in [2.05, 4.69) is 16.0 Å². The standard InChI is InChI=1S/C19H35N5O7S/c1-9(2)7-13(23-16(27)11(20)8-14(21)26)18(29)22-12(5-6-32-4)17(28)24-15(10(3)25)19(30)31/h9-13,15,25H,5-8,20H2,1-4H3,(H2,21,26)(H,22,29)(H,23,27)(H,24,28)(H,30,31). The summed E-state index contributed by atoms with van der Waals surface area (Å²) in [6.07, 6.45) is 0.468. The Balaban J connectivity index is 5.46. The van der Waals surface area contributed by atoms with Gasteiger partial charge in [-0.25, -0.2) is 4.79 Å². The Kier molecular flexibility index (Phi) is 13.5. The van der Waals surface area contributed by atoms with Crippen molar-refractivity contribution in [1.29, 1.82) is 0 Å². The first kappa shape index (κ1) is 29.6. The molecule has 0 aliphatic heterocycles. The lowest BCUT2D eigenvalue weighted by Gasteiger charge is -2.26. The number of hydrogen-bond donors (Lipinski definition) is 7. The van der Waals surface area contributed by atoms with Gasteiger partial charge in [-0.3, -0.25) is 19.2 Å². The van der Waals surface area contributed by atoms with Gasteiger partial charge in [-0.1, -0.05) is 13.8 Å². The smallest absolute Gasteiger partial charge is 0.328 e. The molecule has 0 fully saturated rings. The lowest BCUT2D eigenvalue weighted by Crippen LogP contribution is -2.58. The van der Waals surface area contributed by atoms with Gasteiger partial charge >= 0.3 is 5.97 Å². The number of carboxylic acid groups (broad SMARTS) is 1. The molecule has 0 aromatic heterocycles. The summed E-state index contributed by atoms with van der Waals surface area (Å²) in [4.78, 5) is 60.0. The monoisotopic (exact) mass is 477 g/mol. The highest BCUT2D eigenvalue weighted by Gasteiger charge is 2.32. The van der Waals surface area contributed by atoms with Crippen LogP contribution in [-0.4, -0.2) is 82.1 Å². The number of thioether (sulfide) groups is 1. The highest BCUT2D eigenvalue weighted by atomic mass is 32.2. The van der Waals surface area contributed by atoms with Crippen molar-refractivity contribution in [1.82, 2.24) is 16.0 Å². The second-order valence-electron chi connectivity index (χ2n) is 7.88. The Labute approximate surface area is 191 Å². The summed E-state index contributed by atoms with van der Waals surface area (Å²) in [5.74, 6) is -3.90. The van der Waals surface area contributed by atoms with Crippen LogP contribution in [-0.2, 0) is 24.0 Å². The van der Waals surface area contributed by atoms with Crippen molar-refractivity contribution in [3.8, 4) is 0 Å². The SMILES string of the molecule is CSCCC(NC(=O)C(CC(C)C)NC(=O)C(N)CC(N)=O)C(=O)NC(C(=O)O)C(C)O. The first-order valence-electron chi connectivity index (χ1n) is 10.1. The van der Waals surface area contributed by atoms with Crippen molar-refractivity contribution >= 4 is 41.4 Å². The summed E-state index contributed by atoms with van der Waals surface area (Å²) in [6.45, 7) is 4.87. The van der Waals surface area contributed by atoms with Gasteiger partial charge in [-0.15, -0.1) is 0 Å². The molecular formula is C19H35N5O7S. The zero-order valence-corrected chi connectivity index (χ0v) is 19.6. The number of nitrogens with two attached hydrogens (primary N) is 2. The van der Waals surface area contributed by atoms with Crippen LogP contribution in [0.5, 0.6) is 0 Å². The quantitative estimate of drug-likeness (QED) is 0.137. The van der Waals surface area contributed by atoms with Crippen LogP contribution in [0.25, 0.3) is 0 Å². The van der Waals surface area contributed by atoms with E-state index in [1.165, 1.54) is 18.7 Å². The van der Waals surface area contributed by atoms with Gasteiger partial charge < -0.3 is 37.6 Å². The van der Waals surface area contributed by atoms with Gasteiger partial charge in [0.05, 0.1) is 18.6 Å². The average molecular weight is 478 g/mol.